The van der Waals surface area contributed by atoms with Gasteiger partial charge < -0.3 is 19.8 Å². The van der Waals surface area contributed by atoms with E-state index in [1.54, 1.807) is 26.2 Å². The van der Waals surface area contributed by atoms with Gasteiger partial charge in [0.05, 0.1) is 10.6 Å². The fourth-order valence-electron chi connectivity index (χ4n) is 6.49. The Labute approximate surface area is 243 Å². The Bertz CT molecular complexity index is 1270. The quantitative estimate of drug-likeness (QED) is 0.558. The van der Waals surface area contributed by atoms with Crippen molar-refractivity contribution in [1.82, 2.24) is 14.7 Å². The highest BCUT2D eigenvalue weighted by atomic mass is 35.5. The van der Waals surface area contributed by atoms with E-state index in [1.165, 1.54) is 21.9 Å². The first kappa shape index (κ1) is 29.7. The minimum absolute atomic E-state index is 0.000653. The van der Waals surface area contributed by atoms with Gasteiger partial charge in [-0.05, 0) is 49.3 Å². The van der Waals surface area contributed by atoms with Crippen molar-refractivity contribution < 1.29 is 27.9 Å². The lowest BCUT2D eigenvalue weighted by atomic mass is 9.70. The van der Waals surface area contributed by atoms with E-state index < -0.39 is 23.2 Å². The molecule has 0 radical (unpaired) electrons. The number of anilines is 1. The van der Waals surface area contributed by atoms with E-state index in [0.29, 0.717) is 29.5 Å². The molecule has 7 nitrogen and oxygen atoms in total. The number of piperidine rings is 2. The van der Waals surface area contributed by atoms with Gasteiger partial charge in [-0.1, -0.05) is 41.9 Å². The monoisotopic (exact) mass is 592 g/mol. The molecule has 0 aromatic heterocycles. The molecule has 1 spiro atoms. The number of amides is 2. The summed E-state index contributed by atoms with van der Waals surface area (Å²) in [5.41, 5.74) is -2.53. The van der Waals surface area contributed by atoms with Crippen LogP contribution in [-0.2, 0) is 10.4 Å². The Morgan fingerprint density at radius 1 is 0.976 bits per heavy atom. The summed E-state index contributed by atoms with van der Waals surface area (Å²) in [5.74, 6) is -1.43. The van der Waals surface area contributed by atoms with Gasteiger partial charge in [-0.25, -0.2) is 0 Å². The number of nitrogens with zero attached hydrogens (tertiary/aromatic N) is 4. The lowest BCUT2D eigenvalue weighted by Gasteiger charge is -2.57. The maximum atomic E-state index is 14.0. The number of aliphatic hydroxyl groups is 1. The van der Waals surface area contributed by atoms with Crippen molar-refractivity contribution in [3.8, 4) is 0 Å². The highest BCUT2D eigenvalue weighted by Crippen LogP contribution is 2.45. The molecule has 3 saturated heterocycles. The van der Waals surface area contributed by atoms with Crippen molar-refractivity contribution in [2.45, 2.75) is 43.5 Å². The number of hydrogen-bond donors (Lipinski definition) is 1. The standard InChI is InChI=1S/C30H36ClF3N4O3/c1-35(2)26(39)24-9-8-23(18-25(24)31)36-14-10-22(11-15-36)38-19-28(20-38)12-16-37(17-13-28)27(40)29(41,30(32,33)34)21-6-4-3-5-7-21/h3-9,18,22,41H,10-17,19-20H2,1-2H3/t29-/m1/s1. The van der Waals surface area contributed by atoms with Crippen LogP contribution in [0.5, 0.6) is 0 Å². The van der Waals surface area contributed by atoms with Crippen molar-refractivity contribution in [3.63, 3.8) is 0 Å². The van der Waals surface area contributed by atoms with Crippen LogP contribution in [-0.4, -0.2) is 97.2 Å². The lowest BCUT2D eigenvalue weighted by Crippen LogP contribution is -2.65. The highest BCUT2D eigenvalue weighted by molar-refractivity contribution is 6.34. The topological polar surface area (TPSA) is 67.3 Å². The predicted octanol–water partition coefficient (Wildman–Crippen LogP) is 4.39. The van der Waals surface area contributed by atoms with Crippen molar-refractivity contribution in [3.05, 3.63) is 64.7 Å². The molecule has 3 aliphatic rings. The lowest BCUT2D eigenvalue weighted by molar-refractivity contribution is -0.262. The number of likely N-dealkylation sites (tertiary alicyclic amines) is 2. The zero-order chi connectivity index (χ0) is 29.6. The molecule has 11 heteroatoms. The SMILES string of the molecule is CN(C)C(=O)c1ccc(N2CCC(N3CC4(CCN(C(=O)[C@](O)(c5ccccc5)C(F)(F)F)CC4)C3)CC2)cc1Cl. The normalized spacial score (nSPS) is 21.3. The fourth-order valence-corrected chi connectivity index (χ4v) is 6.75. The van der Waals surface area contributed by atoms with Gasteiger partial charge in [0, 0.05) is 70.7 Å². The highest BCUT2D eigenvalue weighted by Gasteiger charge is 2.62. The smallest absolute Gasteiger partial charge is 0.371 e. The third-order valence-electron chi connectivity index (χ3n) is 9.03. The second-order valence-electron chi connectivity index (χ2n) is 11.9. The predicted molar refractivity (Wildman–Crippen MR) is 151 cm³/mol. The van der Waals surface area contributed by atoms with Crippen LogP contribution in [0.25, 0.3) is 0 Å². The molecule has 0 bridgehead atoms. The van der Waals surface area contributed by atoms with Crippen LogP contribution in [0.4, 0.5) is 18.9 Å². The van der Waals surface area contributed by atoms with Crippen LogP contribution in [0.3, 0.4) is 0 Å². The molecule has 0 aliphatic carbocycles. The molecule has 0 saturated carbocycles. The number of alkyl halides is 3. The molecule has 3 fully saturated rings. The molecule has 2 aromatic rings. The number of hydrogen-bond acceptors (Lipinski definition) is 5. The Hall–Kier alpha value is -2.82. The average molecular weight is 593 g/mol. The number of rotatable bonds is 5. The van der Waals surface area contributed by atoms with Gasteiger partial charge in [0.2, 0.25) is 0 Å². The summed E-state index contributed by atoms with van der Waals surface area (Å²) in [5, 5.41) is 11.1. The molecular weight excluding hydrogens is 557 g/mol. The Morgan fingerprint density at radius 3 is 2.12 bits per heavy atom. The largest absolute Gasteiger partial charge is 0.430 e. The van der Waals surface area contributed by atoms with Gasteiger partial charge in [0.25, 0.3) is 17.4 Å². The Morgan fingerprint density at radius 2 is 1.59 bits per heavy atom. The van der Waals surface area contributed by atoms with Crippen molar-refractivity contribution >= 4 is 29.1 Å². The van der Waals surface area contributed by atoms with E-state index in [2.05, 4.69) is 9.80 Å². The maximum absolute atomic E-state index is 14.0. The van der Waals surface area contributed by atoms with Gasteiger partial charge in [0.15, 0.2) is 0 Å². The van der Waals surface area contributed by atoms with Crippen molar-refractivity contribution in [2.24, 2.45) is 5.41 Å². The number of carbonyl (C=O) groups is 2. The third kappa shape index (κ3) is 5.53. The van der Waals surface area contributed by atoms with Crippen LogP contribution >= 0.6 is 11.6 Å². The molecule has 2 amide bonds. The molecule has 3 aliphatic heterocycles. The van der Waals surface area contributed by atoms with Crippen molar-refractivity contribution in [1.29, 1.82) is 0 Å². The summed E-state index contributed by atoms with van der Waals surface area (Å²) >= 11 is 6.41. The summed E-state index contributed by atoms with van der Waals surface area (Å²) in [6.07, 6.45) is -1.93. The van der Waals surface area contributed by atoms with Gasteiger partial charge >= 0.3 is 6.18 Å². The van der Waals surface area contributed by atoms with Crippen LogP contribution in [0.15, 0.2) is 48.5 Å². The minimum atomic E-state index is -5.13. The molecule has 2 aromatic carbocycles. The summed E-state index contributed by atoms with van der Waals surface area (Å²) in [6, 6.07) is 12.6. The van der Waals surface area contributed by atoms with Crippen LogP contribution < -0.4 is 4.90 Å². The number of carbonyl (C=O) groups excluding carboxylic acids is 2. The average Bonchev–Trinajstić information content (AvgIpc) is 2.94. The molecule has 1 atom stereocenters. The van der Waals surface area contributed by atoms with Crippen molar-refractivity contribution in [2.75, 3.05) is 58.3 Å². The zero-order valence-corrected chi connectivity index (χ0v) is 24.1. The van der Waals surface area contributed by atoms with E-state index in [1.807, 2.05) is 12.1 Å². The second kappa shape index (κ2) is 11.1. The first-order valence-electron chi connectivity index (χ1n) is 14.0. The van der Waals surface area contributed by atoms with E-state index in [9.17, 15) is 27.9 Å². The summed E-state index contributed by atoms with van der Waals surface area (Å²) in [4.78, 5) is 32.7. The molecule has 3 heterocycles. The fraction of sp³-hybridized carbons (Fsp3) is 0.533. The van der Waals surface area contributed by atoms with Gasteiger partial charge in [0.1, 0.15) is 0 Å². The Balaban J connectivity index is 1.13. The van der Waals surface area contributed by atoms with E-state index in [-0.39, 0.29) is 24.4 Å². The number of benzene rings is 2. The van der Waals surface area contributed by atoms with Crippen LogP contribution in [0.1, 0.15) is 41.6 Å². The van der Waals surface area contributed by atoms with Gasteiger partial charge in [-0.3, -0.25) is 14.5 Å². The summed E-state index contributed by atoms with van der Waals surface area (Å²) < 4.78 is 42.0. The van der Waals surface area contributed by atoms with Gasteiger partial charge in [-0.15, -0.1) is 0 Å². The van der Waals surface area contributed by atoms with E-state index >= 15 is 0 Å². The second-order valence-corrected chi connectivity index (χ2v) is 12.3. The van der Waals surface area contributed by atoms with Crippen LogP contribution in [0.2, 0.25) is 5.02 Å². The van der Waals surface area contributed by atoms with E-state index in [4.69, 9.17) is 11.6 Å². The third-order valence-corrected chi connectivity index (χ3v) is 9.35. The van der Waals surface area contributed by atoms with Crippen LogP contribution in [0, 0.1) is 5.41 Å². The molecule has 5 rings (SSSR count). The molecular formula is C30H36ClF3N4O3. The molecule has 1 N–H and O–H groups in total. The first-order chi connectivity index (χ1) is 19.3. The summed E-state index contributed by atoms with van der Waals surface area (Å²) in [7, 11) is 3.39. The maximum Gasteiger partial charge on any atom is 0.430 e. The first-order valence-corrected chi connectivity index (χ1v) is 14.4. The zero-order valence-electron chi connectivity index (χ0n) is 23.3. The van der Waals surface area contributed by atoms with E-state index in [0.717, 1.165) is 56.8 Å². The van der Waals surface area contributed by atoms with Gasteiger partial charge in [-0.2, -0.15) is 13.2 Å². The molecule has 222 valence electrons. The molecule has 0 unspecified atom stereocenters. The summed E-state index contributed by atoms with van der Waals surface area (Å²) in [6.45, 7) is 3.86. The minimum Gasteiger partial charge on any atom is -0.371 e. The Kier molecular flexibility index (Phi) is 8.04. The number of halogens is 4. The molecule has 41 heavy (non-hydrogen) atoms.